The highest BCUT2D eigenvalue weighted by atomic mass is 19.1. The topological polar surface area (TPSA) is 56.2 Å². The number of para-hydroxylation sites is 1. The lowest BCUT2D eigenvalue weighted by Crippen LogP contribution is -2.03. The van der Waals surface area contributed by atoms with Crippen LogP contribution in [0.5, 0.6) is 0 Å². The van der Waals surface area contributed by atoms with Crippen molar-refractivity contribution in [2.75, 3.05) is 5.73 Å². The summed E-state index contributed by atoms with van der Waals surface area (Å²) in [5.74, 6) is -0.190. The number of nitrogen functional groups attached to an aromatic ring is 1. The minimum Gasteiger partial charge on any atom is -0.368 e. The van der Waals surface area contributed by atoms with Gasteiger partial charge in [-0.1, -0.05) is 42.5 Å². The summed E-state index contributed by atoms with van der Waals surface area (Å²) in [4.78, 5) is 4.13. The van der Waals surface area contributed by atoms with Crippen LogP contribution in [0.15, 0.2) is 54.6 Å². The largest absolute Gasteiger partial charge is 0.368 e. The van der Waals surface area contributed by atoms with Crippen LogP contribution in [0.2, 0.25) is 0 Å². The number of fused-ring (bicyclic) bond motifs is 3. The quantitative estimate of drug-likeness (QED) is 0.617. The van der Waals surface area contributed by atoms with E-state index in [-0.39, 0.29) is 17.3 Å². The molecule has 5 heteroatoms. The second-order valence-corrected chi connectivity index (χ2v) is 5.20. The Kier molecular flexibility index (Phi) is 2.79. The molecular weight excluding hydrogens is 279 g/mol. The first-order valence-electron chi connectivity index (χ1n) is 6.98. The molecule has 0 saturated carbocycles. The molecule has 0 amide bonds. The molecule has 0 atom stereocenters. The van der Waals surface area contributed by atoms with Crippen molar-refractivity contribution in [3.63, 3.8) is 0 Å². The normalized spacial score (nSPS) is 11.3. The van der Waals surface area contributed by atoms with Crippen molar-refractivity contribution in [3.05, 3.63) is 71.7 Å². The molecule has 4 aromatic rings. The Bertz CT molecular complexity index is 976. The number of nitrogens with two attached hydrogens (primary N) is 1. The van der Waals surface area contributed by atoms with Gasteiger partial charge in [0.05, 0.1) is 11.2 Å². The molecule has 0 aliphatic rings. The van der Waals surface area contributed by atoms with Gasteiger partial charge in [-0.2, -0.15) is 9.61 Å². The number of halogens is 1. The fourth-order valence-electron chi connectivity index (χ4n) is 2.69. The smallest absolute Gasteiger partial charge is 0.222 e. The fourth-order valence-corrected chi connectivity index (χ4v) is 2.69. The Balaban J connectivity index is 1.92. The maximum atomic E-state index is 13.9. The van der Waals surface area contributed by atoms with Gasteiger partial charge in [-0.3, -0.25) is 0 Å². The van der Waals surface area contributed by atoms with Gasteiger partial charge in [-0.25, -0.2) is 9.37 Å². The van der Waals surface area contributed by atoms with Crippen LogP contribution in [0.3, 0.4) is 0 Å². The van der Waals surface area contributed by atoms with Gasteiger partial charge in [0.2, 0.25) is 5.95 Å². The van der Waals surface area contributed by atoms with Crippen molar-refractivity contribution >= 4 is 22.4 Å². The second-order valence-electron chi connectivity index (χ2n) is 5.20. The monoisotopic (exact) mass is 292 g/mol. The molecule has 0 radical (unpaired) electrons. The minimum absolute atomic E-state index is 0.187. The first-order valence-corrected chi connectivity index (χ1v) is 6.98. The van der Waals surface area contributed by atoms with Crippen molar-refractivity contribution < 1.29 is 4.39 Å². The molecule has 2 aromatic carbocycles. The number of anilines is 1. The molecule has 0 aliphatic heterocycles. The van der Waals surface area contributed by atoms with Crippen molar-refractivity contribution in [2.24, 2.45) is 0 Å². The van der Waals surface area contributed by atoms with Gasteiger partial charge < -0.3 is 5.73 Å². The number of aromatic nitrogens is 3. The first kappa shape index (κ1) is 12.8. The zero-order chi connectivity index (χ0) is 15.1. The van der Waals surface area contributed by atoms with Gasteiger partial charge in [0.1, 0.15) is 11.3 Å². The fraction of sp³-hybridized carbons (Fsp3) is 0.0588. The van der Waals surface area contributed by atoms with Crippen LogP contribution >= 0.6 is 0 Å². The highest BCUT2D eigenvalue weighted by Gasteiger charge is 2.12. The first-order chi connectivity index (χ1) is 10.7. The predicted octanol–water partition coefficient (Wildman–Crippen LogP) is 3.19. The standard InChI is InChI=1S/C17H13FN4/c18-14-8-4-7-13-15-10-12(9-11-5-2-1-3-6-11)21-22(15)17(19)20-16(13)14/h1-8,10H,9H2,(H2,19,20). The molecule has 0 bridgehead atoms. The zero-order valence-electron chi connectivity index (χ0n) is 11.7. The molecule has 2 N–H and O–H groups in total. The van der Waals surface area contributed by atoms with E-state index < -0.39 is 0 Å². The highest BCUT2D eigenvalue weighted by molar-refractivity contribution is 5.94. The summed E-state index contributed by atoms with van der Waals surface area (Å²) >= 11 is 0. The highest BCUT2D eigenvalue weighted by Crippen LogP contribution is 2.24. The number of benzene rings is 2. The Hall–Kier alpha value is -2.95. The number of hydrogen-bond acceptors (Lipinski definition) is 3. The van der Waals surface area contributed by atoms with Gasteiger partial charge in [0, 0.05) is 11.8 Å². The molecule has 0 unspecified atom stereocenters. The van der Waals surface area contributed by atoms with E-state index in [1.807, 2.05) is 42.5 Å². The van der Waals surface area contributed by atoms with Crippen LogP contribution in [0.4, 0.5) is 10.3 Å². The summed E-state index contributed by atoms with van der Waals surface area (Å²) in [5, 5.41) is 5.20. The van der Waals surface area contributed by atoms with E-state index in [4.69, 9.17) is 5.73 Å². The Morgan fingerprint density at radius 2 is 1.86 bits per heavy atom. The summed E-state index contributed by atoms with van der Waals surface area (Å²) in [5.41, 5.74) is 9.00. The zero-order valence-corrected chi connectivity index (χ0v) is 11.7. The van der Waals surface area contributed by atoms with Gasteiger partial charge in [0.15, 0.2) is 0 Å². The molecule has 0 saturated heterocycles. The third kappa shape index (κ3) is 1.98. The van der Waals surface area contributed by atoms with Crippen LogP contribution in [0.1, 0.15) is 11.3 Å². The molecular formula is C17H13FN4. The Labute approximate surface area is 126 Å². The van der Waals surface area contributed by atoms with E-state index in [1.165, 1.54) is 6.07 Å². The molecule has 4 rings (SSSR count). The predicted molar refractivity (Wildman–Crippen MR) is 84.1 cm³/mol. The molecule has 0 fully saturated rings. The molecule has 108 valence electrons. The minimum atomic E-state index is -0.377. The maximum Gasteiger partial charge on any atom is 0.222 e. The van der Waals surface area contributed by atoms with E-state index in [1.54, 1.807) is 10.6 Å². The number of rotatable bonds is 2. The maximum absolute atomic E-state index is 13.9. The van der Waals surface area contributed by atoms with E-state index in [9.17, 15) is 4.39 Å². The lowest BCUT2D eigenvalue weighted by Gasteiger charge is -2.03. The SMILES string of the molecule is Nc1nc2c(F)cccc2c2cc(Cc3ccccc3)nn12. The van der Waals surface area contributed by atoms with Crippen LogP contribution in [-0.4, -0.2) is 14.6 Å². The summed E-state index contributed by atoms with van der Waals surface area (Å²) < 4.78 is 15.5. The number of nitrogens with zero attached hydrogens (tertiary/aromatic N) is 3. The van der Waals surface area contributed by atoms with Gasteiger partial charge in [-0.15, -0.1) is 0 Å². The van der Waals surface area contributed by atoms with Crippen LogP contribution in [0, 0.1) is 5.82 Å². The van der Waals surface area contributed by atoms with Gasteiger partial charge in [0.25, 0.3) is 0 Å². The van der Waals surface area contributed by atoms with Crippen molar-refractivity contribution in [1.29, 1.82) is 0 Å². The van der Waals surface area contributed by atoms with E-state index >= 15 is 0 Å². The lowest BCUT2D eigenvalue weighted by atomic mass is 10.1. The molecule has 2 aromatic heterocycles. The van der Waals surface area contributed by atoms with E-state index in [0.717, 1.165) is 16.8 Å². The van der Waals surface area contributed by atoms with E-state index in [0.29, 0.717) is 11.8 Å². The summed E-state index contributed by atoms with van der Waals surface area (Å²) in [7, 11) is 0. The van der Waals surface area contributed by atoms with Crippen molar-refractivity contribution in [3.8, 4) is 0 Å². The van der Waals surface area contributed by atoms with Gasteiger partial charge >= 0.3 is 0 Å². The van der Waals surface area contributed by atoms with E-state index in [2.05, 4.69) is 10.1 Å². The van der Waals surface area contributed by atoms with Crippen LogP contribution in [0.25, 0.3) is 16.4 Å². The molecule has 4 nitrogen and oxygen atoms in total. The third-order valence-corrected chi connectivity index (χ3v) is 3.69. The van der Waals surface area contributed by atoms with Crippen LogP contribution < -0.4 is 5.73 Å². The Morgan fingerprint density at radius 1 is 1.05 bits per heavy atom. The van der Waals surface area contributed by atoms with Crippen LogP contribution in [-0.2, 0) is 6.42 Å². The van der Waals surface area contributed by atoms with Gasteiger partial charge in [-0.05, 0) is 17.7 Å². The third-order valence-electron chi connectivity index (χ3n) is 3.69. The average molecular weight is 292 g/mol. The summed E-state index contributed by atoms with van der Waals surface area (Å²) in [6.45, 7) is 0. The van der Waals surface area contributed by atoms with Crippen molar-refractivity contribution in [2.45, 2.75) is 6.42 Å². The molecule has 2 heterocycles. The Morgan fingerprint density at radius 3 is 2.68 bits per heavy atom. The molecule has 22 heavy (non-hydrogen) atoms. The molecule has 0 spiro atoms. The number of hydrogen-bond donors (Lipinski definition) is 1. The summed E-state index contributed by atoms with van der Waals surface area (Å²) in [6, 6.07) is 16.9. The summed E-state index contributed by atoms with van der Waals surface area (Å²) in [6.07, 6.45) is 0.693. The van der Waals surface area contributed by atoms with Crippen molar-refractivity contribution in [1.82, 2.24) is 14.6 Å². The average Bonchev–Trinajstić information content (AvgIpc) is 2.94. The second kappa shape index (κ2) is 4.80. The molecule has 0 aliphatic carbocycles. The lowest BCUT2D eigenvalue weighted by molar-refractivity contribution is 0.636.